The van der Waals surface area contributed by atoms with Crippen molar-refractivity contribution in [3.63, 3.8) is 0 Å². The molecule has 1 saturated carbocycles. The lowest BCUT2D eigenvalue weighted by Crippen LogP contribution is -2.48. The van der Waals surface area contributed by atoms with Crippen LogP contribution >= 0.6 is 0 Å². The van der Waals surface area contributed by atoms with Crippen LogP contribution in [0.15, 0.2) is 48.8 Å². The van der Waals surface area contributed by atoms with Gasteiger partial charge in [0.15, 0.2) is 0 Å². The molecular formula is C23H28N4O2. The van der Waals surface area contributed by atoms with E-state index < -0.39 is 0 Å². The van der Waals surface area contributed by atoms with E-state index in [1.807, 2.05) is 47.5 Å². The molecule has 1 aromatic carbocycles. The predicted molar refractivity (Wildman–Crippen MR) is 111 cm³/mol. The van der Waals surface area contributed by atoms with Gasteiger partial charge in [-0.2, -0.15) is 0 Å². The highest BCUT2D eigenvalue weighted by Gasteiger charge is 2.28. The summed E-state index contributed by atoms with van der Waals surface area (Å²) in [4.78, 5) is 31.5. The quantitative estimate of drug-likeness (QED) is 0.820. The highest BCUT2D eigenvalue weighted by Crippen LogP contribution is 2.25. The standard InChI is InChI=1S/C23H28N4O2/c28-22(18-4-1-2-5-18)26-14-17-7-9-19(10-8-17)23(29)27-13-12-25-16-21(27)20-6-3-11-24-15-20/h3,6-11,15,18,21,25H,1-2,4-5,12-14,16H2,(H,26,28). The van der Waals surface area contributed by atoms with Crippen LogP contribution in [-0.2, 0) is 11.3 Å². The first-order valence-corrected chi connectivity index (χ1v) is 10.5. The minimum atomic E-state index is -0.0182. The lowest BCUT2D eigenvalue weighted by molar-refractivity contribution is -0.124. The number of pyridine rings is 1. The van der Waals surface area contributed by atoms with E-state index in [9.17, 15) is 9.59 Å². The number of nitrogens with zero attached hydrogens (tertiary/aromatic N) is 2. The molecule has 2 aromatic rings. The van der Waals surface area contributed by atoms with Gasteiger partial charge in [0.25, 0.3) is 5.91 Å². The first-order chi connectivity index (χ1) is 14.2. The van der Waals surface area contributed by atoms with Crippen molar-refractivity contribution in [3.8, 4) is 0 Å². The molecule has 1 aliphatic carbocycles. The SMILES string of the molecule is O=C(NCc1ccc(C(=O)N2CCNCC2c2cccnc2)cc1)C1CCCC1. The van der Waals surface area contributed by atoms with E-state index in [1.165, 1.54) is 0 Å². The number of rotatable bonds is 5. The summed E-state index contributed by atoms with van der Waals surface area (Å²) in [6.45, 7) is 2.68. The second-order valence-electron chi connectivity index (χ2n) is 7.90. The molecule has 0 bridgehead atoms. The first kappa shape index (κ1) is 19.6. The van der Waals surface area contributed by atoms with Gasteiger partial charge in [-0.05, 0) is 42.2 Å². The Balaban J connectivity index is 1.39. The number of benzene rings is 1. The molecule has 6 nitrogen and oxygen atoms in total. The zero-order chi connectivity index (χ0) is 20.1. The number of hydrogen-bond donors (Lipinski definition) is 2. The van der Waals surface area contributed by atoms with Crippen molar-refractivity contribution in [2.24, 2.45) is 5.92 Å². The molecule has 0 spiro atoms. The lowest BCUT2D eigenvalue weighted by Gasteiger charge is -2.36. The number of carbonyl (C=O) groups is 2. The molecule has 29 heavy (non-hydrogen) atoms. The maximum absolute atomic E-state index is 13.1. The second-order valence-corrected chi connectivity index (χ2v) is 7.90. The number of nitrogens with one attached hydrogen (secondary N) is 2. The average molecular weight is 393 g/mol. The van der Waals surface area contributed by atoms with E-state index in [-0.39, 0.29) is 23.8 Å². The highest BCUT2D eigenvalue weighted by atomic mass is 16.2. The van der Waals surface area contributed by atoms with Gasteiger partial charge in [0.1, 0.15) is 0 Å². The van der Waals surface area contributed by atoms with Crippen LogP contribution in [0, 0.1) is 5.92 Å². The van der Waals surface area contributed by atoms with E-state index in [1.54, 1.807) is 6.20 Å². The minimum Gasteiger partial charge on any atom is -0.352 e. The van der Waals surface area contributed by atoms with E-state index in [0.29, 0.717) is 18.7 Å². The Morgan fingerprint density at radius 1 is 1.14 bits per heavy atom. The van der Waals surface area contributed by atoms with Crippen LogP contribution in [0.3, 0.4) is 0 Å². The summed E-state index contributed by atoms with van der Waals surface area (Å²) in [5.74, 6) is 0.359. The molecule has 1 aromatic heterocycles. The fourth-order valence-electron chi connectivity index (χ4n) is 4.27. The topological polar surface area (TPSA) is 74.3 Å². The molecule has 2 amide bonds. The molecule has 1 saturated heterocycles. The third kappa shape index (κ3) is 4.65. The van der Waals surface area contributed by atoms with E-state index in [4.69, 9.17) is 0 Å². The lowest BCUT2D eigenvalue weighted by atomic mass is 10.0. The molecule has 4 rings (SSSR count). The molecular weight excluding hydrogens is 364 g/mol. The van der Waals surface area contributed by atoms with Crippen molar-refractivity contribution in [2.45, 2.75) is 38.3 Å². The Morgan fingerprint density at radius 3 is 2.66 bits per heavy atom. The van der Waals surface area contributed by atoms with Gasteiger partial charge in [-0.1, -0.05) is 31.0 Å². The van der Waals surface area contributed by atoms with Gasteiger partial charge in [-0.3, -0.25) is 14.6 Å². The molecule has 6 heteroatoms. The number of amides is 2. The summed E-state index contributed by atoms with van der Waals surface area (Å²) in [5, 5.41) is 6.40. The van der Waals surface area contributed by atoms with Crippen LogP contribution in [-0.4, -0.2) is 41.3 Å². The Morgan fingerprint density at radius 2 is 1.93 bits per heavy atom. The Labute approximate surface area is 171 Å². The van der Waals surface area contributed by atoms with E-state index >= 15 is 0 Å². The normalized spacial score (nSPS) is 19.9. The van der Waals surface area contributed by atoms with Gasteiger partial charge in [0, 0.05) is 50.1 Å². The minimum absolute atomic E-state index is 0.0182. The smallest absolute Gasteiger partial charge is 0.254 e. The predicted octanol–water partition coefficient (Wildman–Crippen LogP) is 2.67. The van der Waals surface area contributed by atoms with Crippen LogP contribution in [0.4, 0.5) is 0 Å². The van der Waals surface area contributed by atoms with Crippen LogP contribution < -0.4 is 10.6 Å². The van der Waals surface area contributed by atoms with Gasteiger partial charge in [0.2, 0.25) is 5.91 Å². The number of carbonyl (C=O) groups excluding carboxylic acids is 2. The Kier molecular flexibility index (Phi) is 6.20. The molecule has 2 aliphatic rings. The van der Waals surface area contributed by atoms with Crippen molar-refractivity contribution < 1.29 is 9.59 Å². The number of piperazine rings is 1. The van der Waals surface area contributed by atoms with Crippen molar-refractivity contribution >= 4 is 11.8 Å². The van der Waals surface area contributed by atoms with E-state index in [0.717, 1.165) is 49.9 Å². The van der Waals surface area contributed by atoms with Gasteiger partial charge in [0.05, 0.1) is 6.04 Å². The largest absolute Gasteiger partial charge is 0.352 e. The maximum Gasteiger partial charge on any atom is 0.254 e. The van der Waals surface area contributed by atoms with Crippen molar-refractivity contribution in [2.75, 3.05) is 19.6 Å². The zero-order valence-corrected chi connectivity index (χ0v) is 16.6. The van der Waals surface area contributed by atoms with Gasteiger partial charge in [-0.15, -0.1) is 0 Å². The molecule has 0 radical (unpaired) electrons. The van der Waals surface area contributed by atoms with E-state index in [2.05, 4.69) is 15.6 Å². The average Bonchev–Trinajstić information content (AvgIpc) is 3.33. The third-order valence-corrected chi connectivity index (χ3v) is 5.97. The van der Waals surface area contributed by atoms with Crippen LogP contribution in [0.25, 0.3) is 0 Å². The van der Waals surface area contributed by atoms with Crippen molar-refractivity contribution in [3.05, 3.63) is 65.5 Å². The second kappa shape index (κ2) is 9.18. The van der Waals surface area contributed by atoms with Gasteiger partial charge < -0.3 is 15.5 Å². The fourth-order valence-corrected chi connectivity index (χ4v) is 4.27. The molecule has 1 unspecified atom stereocenters. The molecule has 152 valence electrons. The first-order valence-electron chi connectivity index (χ1n) is 10.5. The third-order valence-electron chi connectivity index (χ3n) is 5.97. The molecule has 1 aliphatic heterocycles. The monoisotopic (exact) mass is 392 g/mol. The van der Waals surface area contributed by atoms with Crippen molar-refractivity contribution in [1.29, 1.82) is 0 Å². The summed E-state index contributed by atoms with van der Waals surface area (Å²) >= 11 is 0. The van der Waals surface area contributed by atoms with Crippen LogP contribution in [0.2, 0.25) is 0 Å². The molecule has 2 heterocycles. The number of aromatic nitrogens is 1. The fraction of sp³-hybridized carbons (Fsp3) is 0.435. The summed E-state index contributed by atoms with van der Waals surface area (Å²) < 4.78 is 0. The molecule has 2 fully saturated rings. The summed E-state index contributed by atoms with van der Waals surface area (Å²) in [6, 6.07) is 11.5. The summed E-state index contributed by atoms with van der Waals surface area (Å²) in [6.07, 6.45) is 7.89. The molecule has 1 atom stereocenters. The van der Waals surface area contributed by atoms with Crippen LogP contribution in [0.5, 0.6) is 0 Å². The maximum atomic E-state index is 13.1. The van der Waals surface area contributed by atoms with Crippen LogP contribution in [0.1, 0.15) is 53.2 Å². The highest BCUT2D eigenvalue weighted by molar-refractivity contribution is 5.94. The summed E-state index contributed by atoms with van der Waals surface area (Å²) in [7, 11) is 0. The Bertz CT molecular complexity index is 832. The van der Waals surface area contributed by atoms with Crippen molar-refractivity contribution in [1.82, 2.24) is 20.5 Å². The van der Waals surface area contributed by atoms with Gasteiger partial charge >= 0.3 is 0 Å². The number of hydrogen-bond acceptors (Lipinski definition) is 4. The Hall–Kier alpha value is -2.73. The zero-order valence-electron chi connectivity index (χ0n) is 16.6. The van der Waals surface area contributed by atoms with Gasteiger partial charge in [-0.25, -0.2) is 0 Å². The molecule has 2 N–H and O–H groups in total. The summed E-state index contributed by atoms with van der Waals surface area (Å²) in [5.41, 5.74) is 2.72.